The molecule has 5 aromatic rings. The Morgan fingerprint density at radius 1 is 1.06 bits per heavy atom. The monoisotopic (exact) mass is 744 g/mol. The highest BCUT2D eigenvalue weighted by molar-refractivity contribution is 6.36. The van der Waals surface area contributed by atoms with E-state index in [9.17, 15) is 13.6 Å². The fraction of sp³-hybridized carbons (Fsp3) is 0.385. The summed E-state index contributed by atoms with van der Waals surface area (Å²) in [5.41, 5.74) is 1.80. The maximum absolute atomic E-state index is 16.3. The zero-order chi connectivity index (χ0) is 37.4. The van der Waals surface area contributed by atoms with Gasteiger partial charge in [0.05, 0.1) is 23.2 Å². The summed E-state index contributed by atoms with van der Waals surface area (Å²) in [5.74, 6) is -0.412. The number of hydrogen-bond donors (Lipinski definition) is 0. The fourth-order valence-corrected chi connectivity index (χ4v) is 7.90. The molecule has 8 rings (SSSR count). The van der Waals surface area contributed by atoms with Crippen LogP contribution in [-0.2, 0) is 4.79 Å². The molecule has 0 aliphatic carbocycles. The summed E-state index contributed by atoms with van der Waals surface area (Å²) in [6, 6.07) is 10.3. The van der Waals surface area contributed by atoms with Crippen LogP contribution in [0.15, 0.2) is 48.7 Å². The predicted molar refractivity (Wildman–Crippen MR) is 200 cm³/mol. The maximum atomic E-state index is 16.3. The van der Waals surface area contributed by atoms with Gasteiger partial charge in [0, 0.05) is 67.7 Å². The van der Waals surface area contributed by atoms with Crippen molar-refractivity contribution < 1.29 is 22.7 Å². The number of likely N-dealkylation sites (tertiary alicyclic amines) is 1. The lowest BCUT2D eigenvalue weighted by Crippen LogP contribution is -2.36. The average molecular weight is 745 g/mol. The zero-order valence-electron chi connectivity index (χ0n) is 30.0. The number of alkyl halides is 1. The van der Waals surface area contributed by atoms with Crippen molar-refractivity contribution in [2.45, 2.75) is 57.8 Å². The second kappa shape index (κ2) is 15.2. The van der Waals surface area contributed by atoms with Crippen LogP contribution in [0.25, 0.3) is 39.0 Å². The molecule has 0 spiro atoms. The van der Waals surface area contributed by atoms with Crippen LogP contribution < -0.4 is 9.64 Å². The number of nitrogens with zero attached hydrogens (tertiary/aromatic N) is 8. The lowest BCUT2D eigenvalue weighted by Gasteiger charge is -2.27. The van der Waals surface area contributed by atoms with Gasteiger partial charge in [-0.2, -0.15) is 9.97 Å². The summed E-state index contributed by atoms with van der Waals surface area (Å²) in [5, 5.41) is 1.25. The van der Waals surface area contributed by atoms with E-state index >= 15 is 4.39 Å². The molecular formula is C39H40ClF3N8O2. The number of rotatable bonds is 6. The Balaban J connectivity index is 0.000000418. The van der Waals surface area contributed by atoms with Crippen LogP contribution in [-0.4, -0.2) is 99.2 Å². The summed E-state index contributed by atoms with van der Waals surface area (Å²) in [7, 11) is 3.24. The Bertz CT molecular complexity index is 2190. The van der Waals surface area contributed by atoms with Crippen molar-refractivity contribution in [2.75, 3.05) is 45.2 Å². The third kappa shape index (κ3) is 7.50. The van der Waals surface area contributed by atoms with E-state index in [0.29, 0.717) is 71.2 Å². The summed E-state index contributed by atoms with van der Waals surface area (Å²) >= 11 is 6.32. The van der Waals surface area contributed by atoms with Gasteiger partial charge in [-0.1, -0.05) is 35.9 Å². The minimum Gasteiger partial charge on any atom is -0.467 e. The normalized spacial score (nSPS) is 19.9. The Morgan fingerprint density at radius 2 is 1.89 bits per heavy atom. The lowest BCUT2D eigenvalue weighted by molar-refractivity contribution is -0.124. The van der Waals surface area contributed by atoms with E-state index < -0.39 is 17.8 Å². The second-order valence-electron chi connectivity index (χ2n) is 13.8. The molecule has 1 amide bonds. The minimum absolute atomic E-state index is 0.00229. The van der Waals surface area contributed by atoms with Gasteiger partial charge >= 0.3 is 6.01 Å². The molecule has 3 saturated heterocycles. The largest absolute Gasteiger partial charge is 0.467 e. The fourth-order valence-electron chi connectivity index (χ4n) is 7.63. The third-order valence-electron chi connectivity index (χ3n) is 10.2. The van der Waals surface area contributed by atoms with Crippen LogP contribution in [0.1, 0.15) is 42.9 Å². The van der Waals surface area contributed by atoms with Gasteiger partial charge < -0.3 is 14.5 Å². The molecule has 276 valence electrons. The molecule has 3 unspecified atom stereocenters. The van der Waals surface area contributed by atoms with E-state index in [4.69, 9.17) is 16.3 Å². The highest BCUT2D eigenvalue weighted by Crippen LogP contribution is 2.38. The SMILES string of the molecule is COc1nc(N(C)C2CCN(C(=O)/C=C/c3cc(C)nc(C)n3)C2)c2cnc(-c3cccc4ccc(F)c(Cl)c34)c(F)c2n1.FC1CC2CCCN2C1. The molecule has 0 radical (unpaired) electrons. The summed E-state index contributed by atoms with van der Waals surface area (Å²) in [6.07, 6.45) is 8.18. The van der Waals surface area contributed by atoms with Gasteiger partial charge in [-0.3, -0.25) is 14.7 Å². The van der Waals surface area contributed by atoms with Crippen molar-refractivity contribution in [2.24, 2.45) is 0 Å². The quantitative estimate of drug-likeness (QED) is 0.168. The van der Waals surface area contributed by atoms with E-state index in [0.717, 1.165) is 18.7 Å². The first-order valence-electron chi connectivity index (χ1n) is 17.7. The average Bonchev–Trinajstić information content (AvgIpc) is 3.89. The van der Waals surface area contributed by atoms with Gasteiger partial charge in [-0.25, -0.2) is 23.1 Å². The topological polar surface area (TPSA) is 100 Å². The Morgan fingerprint density at radius 3 is 2.66 bits per heavy atom. The Labute approximate surface area is 310 Å². The maximum Gasteiger partial charge on any atom is 0.318 e. The number of ether oxygens (including phenoxy) is 1. The number of aromatic nitrogens is 5. The number of amides is 1. The van der Waals surface area contributed by atoms with Crippen molar-refractivity contribution in [3.8, 4) is 17.3 Å². The molecule has 0 bridgehead atoms. The molecule has 3 aliphatic rings. The van der Waals surface area contributed by atoms with Gasteiger partial charge in [0.15, 0.2) is 5.82 Å². The van der Waals surface area contributed by atoms with Crippen molar-refractivity contribution in [3.05, 3.63) is 82.5 Å². The van der Waals surface area contributed by atoms with Crippen molar-refractivity contribution >= 4 is 51.1 Å². The predicted octanol–water partition coefficient (Wildman–Crippen LogP) is 7.14. The summed E-state index contributed by atoms with van der Waals surface area (Å²) < 4.78 is 48.6. The number of halogens is 4. The highest BCUT2D eigenvalue weighted by Gasteiger charge is 2.35. The number of carbonyl (C=O) groups excluding carboxylic acids is 1. The van der Waals surface area contributed by atoms with Gasteiger partial charge in [0.2, 0.25) is 5.91 Å². The van der Waals surface area contributed by atoms with Crippen LogP contribution in [0.2, 0.25) is 5.02 Å². The molecule has 6 heterocycles. The summed E-state index contributed by atoms with van der Waals surface area (Å²) in [4.78, 5) is 40.8. The zero-order valence-corrected chi connectivity index (χ0v) is 30.7. The highest BCUT2D eigenvalue weighted by atomic mass is 35.5. The number of methoxy groups -OCH3 is 1. The van der Waals surface area contributed by atoms with Crippen LogP contribution in [0.4, 0.5) is 19.0 Å². The smallest absolute Gasteiger partial charge is 0.318 e. The Kier molecular flexibility index (Phi) is 10.5. The number of benzene rings is 2. The van der Waals surface area contributed by atoms with E-state index in [1.165, 1.54) is 38.3 Å². The lowest BCUT2D eigenvalue weighted by atomic mass is 10.0. The molecule has 3 atom stereocenters. The van der Waals surface area contributed by atoms with Crippen molar-refractivity contribution in [1.29, 1.82) is 0 Å². The van der Waals surface area contributed by atoms with Crippen molar-refractivity contribution in [3.63, 3.8) is 0 Å². The van der Waals surface area contributed by atoms with Crippen molar-refractivity contribution in [1.82, 2.24) is 34.7 Å². The van der Waals surface area contributed by atoms with Crippen LogP contribution in [0.3, 0.4) is 0 Å². The van der Waals surface area contributed by atoms with Gasteiger partial charge in [-0.05, 0) is 69.7 Å². The second-order valence-corrected chi connectivity index (χ2v) is 14.1. The van der Waals surface area contributed by atoms with Gasteiger partial charge in [-0.15, -0.1) is 0 Å². The first kappa shape index (κ1) is 36.5. The first-order chi connectivity index (χ1) is 25.5. The molecule has 53 heavy (non-hydrogen) atoms. The molecule has 0 saturated carbocycles. The molecular weight excluding hydrogens is 705 g/mol. The van der Waals surface area contributed by atoms with Crippen LogP contribution >= 0.6 is 11.6 Å². The minimum atomic E-state index is -0.714. The summed E-state index contributed by atoms with van der Waals surface area (Å²) in [6.45, 7) is 6.51. The van der Waals surface area contributed by atoms with Gasteiger partial charge in [0.1, 0.15) is 34.8 Å². The van der Waals surface area contributed by atoms with E-state index in [2.05, 4.69) is 29.8 Å². The number of fused-ring (bicyclic) bond motifs is 3. The molecule has 10 nitrogen and oxygen atoms in total. The van der Waals surface area contributed by atoms with E-state index in [1.807, 2.05) is 31.9 Å². The number of anilines is 1. The molecule has 14 heteroatoms. The molecule has 2 aromatic carbocycles. The number of hydrogen-bond acceptors (Lipinski definition) is 9. The Hall–Kier alpha value is -4.88. The first-order valence-corrected chi connectivity index (χ1v) is 18.1. The van der Waals surface area contributed by atoms with Crippen LogP contribution in [0.5, 0.6) is 6.01 Å². The third-order valence-corrected chi connectivity index (χ3v) is 10.6. The number of aryl methyl sites for hydroxylation is 2. The number of carbonyl (C=O) groups is 1. The van der Waals surface area contributed by atoms with Gasteiger partial charge in [0.25, 0.3) is 0 Å². The molecule has 3 aromatic heterocycles. The van der Waals surface area contributed by atoms with Crippen LogP contribution in [0, 0.1) is 25.5 Å². The standard InChI is InChI=1S/C32H28ClF2N7O2.C7H12FN/c1-17-14-20(38-18(2)37-17)9-11-25(43)42-13-12-21(16-42)41(3)31-23-15-36-29(28(35)30(23)39-32(40-31)44-4)22-7-5-6-19-8-10-24(34)27(33)26(19)22;8-6-4-7-2-1-3-9(7)5-6/h5-11,14-15,21H,12-13,16H2,1-4H3;6-7H,1-5H2/b11-9+;. The van der Waals surface area contributed by atoms with E-state index in [-0.39, 0.29) is 34.2 Å². The number of likely N-dealkylation sites (N-methyl/N-ethyl adjacent to an activating group) is 1. The number of pyridine rings is 1. The molecule has 0 N–H and O–H groups in total. The van der Waals surface area contributed by atoms with E-state index in [1.54, 1.807) is 35.2 Å². The molecule has 3 aliphatic heterocycles. The molecule has 3 fully saturated rings.